The van der Waals surface area contributed by atoms with Crippen molar-refractivity contribution in [2.24, 2.45) is 0 Å². The Hall–Kier alpha value is -2.07. The molecule has 0 fully saturated rings. The largest absolute Gasteiger partial charge is 0.508 e. The van der Waals surface area contributed by atoms with Crippen LogP contribution in [-0.4, -0.2) is 26.9 Å². The van der Waals surface area contributed by atoms with Crippen LogP contribution in [0.3, 0.4) is 0 Å². The number of aliphatic hydroxyl groups excluding tert-OH is 1. The van der Waals surface area contributed by atoms with Gasteiger partial charge in [0.15, 0.2) is 0 Å². The average Bonchev–Trinajstić information content (AvgIpc) is 2.38. The lowest BCUT2D eigenvalue weighted by atomic mass is 9.91. The van der Waals surface area contributed by atoms with Crippen molar-refractivity contribution in [2.45, 2.75) is 12.3 Å². The minimum atomic E-state index is -0.322. The molecule has 0 aliphatic rings. The summed E-state index contributed by atoms with van der Waals surface area (Å²) in [5, 5.41) is 28.9. The summed E-state index contributed by atoms with van der Waals surface area (Å²) in [6, 6.07) is 10.0. The van der Waals surface area contributed by atoms with E-state index in [0.29, 0.717) is 17.7 Å². The van der Waals surface area contributed by atoms with Crippen LogP contribution >= 0.6 is 0 Å². The van der Waals surface area contributed by atoms with Gasteiger partial charge in [-0.2, -0.15) is 0 Å². The Morgan fingerprint density at radius 2 is 1.72 bits per heavy atom. The first-order chi connectivity index (χ1) is 8.74. The molecule has 2 rings (SSSR count). The summed E-state index contributed by atoms with van der Waals surface area (Å²) in [5.41, 5.74) is 1.12. The van der Waals surface area contributed by atoms with E-state index < -0.39 is 0 Å². The number of nitrogens with zero attached hydrogens (tertiary/aromatic N) is 1. The molecule has 1 aromatic carbocycles. The molecule has 1 heterocycles. The Balaban J connectivity index is 2.48. The van der Waals surface area contributed by atoms with Crippen molar-refractivity contribution >= 4 is 0 Å². The molecule has 0 aliphatic carbocycles. The summed E-state index contributed by atoms with van der Waals surface area (Å²) in [6.45, 7) is -0.0466. The summed E-state index contributed by atoms with van der Waals surface area (Å²) in [7, 11) is 0. The van der Waals surface area contributed by atoms with E-state index >= 15 is 0 Å². The van der Waals surface area contributed by atoms with Gasteiger partial charge in [0.05, 0.1) is 0 Å². The normalized spacial score (nSPS) is 12.3. The molecule has 2 aromatic rings. The van der Waals surface area contributed by atoms with E-state index in [1.807, 2.05) is 12.1 Å². The molecule has 18 heavy (non-hydrogen) atoms. The third-order valence-corrected chi connectivity index (χ3v) is 2.87. The number of hydrogen-bond donors (Lipinski definition) is 3. The predicted octanol–water partition coefficient (Wildman–Crippen LogP) is 2.01. The number of phenols is 2. The summed E-state index contributed by atoms with van der Waals surface area (Å²) in [6.07, 6.45) is 2.04. The van der Waals surface area contributed by atoms with Gasteiger partial charge in [0.25, 0.3) is 0 Å². The first-order valence-corrected chi connectivity index (χ1v) is 5.76. The molecule has 1 unspecified atom stereocenters. The quantitative estimate of drug-likeness (QED) is 0.770. The average molecular weight is 245 g/mol. The molecule has 4 nitrogen and oxygen atoms in total. The molecule has 3 N–H and O–H groups in total. The van der Waals surface area contributed by atoms with E-state index in [1.165, 1.54) is 12.1 Å². The monoisotopic (exact) mass is 245 g/mol. The van der Waals surface area contributed by atoms with Gasteiger partial charge < -0.3 is 15.3 Å². The Kier molecular flexibility index (Phi) is 3.79. The van der Waals surface area contributed by atoms with E-state index in [1.54, 1.807) is 18.3 Å². The van der Waals surface area contributed by atoms with Crippen molar-refractivity contribution in [3.05, 3.63) is 53.9 Å². The SMILES string of the molecule is OCCC(c1ccccn1)c1c(O)cccc1O. The number of aliphatic hydroxyl groups is 1. The van der Waals surface area contributed by atoms with Crippen LogP contribution in [0, 0.1) is 0 Å². The highest BCUT2D eigenvalue weighted by atomic mass is 16.3. The fourth-order valence-corrected chi connectivity index (χ4v) is 2.05. The number of phenolic OH excluding ortho intramolecular Hbond substituents is 2. The van der Waals surface area contributed by atoms with Crippen molar-refractivity contribution in [1.82, 2.24) is 4.98 Å². The van der Waals surface area contributed by atoms with Gasteiger partial charge in [-0.15, -0.1) is 0 Å². The van der Waals surface area contributed by atoms with Crippen molar-refractivity contribution in [2.75, 3.05) is 6.61 Å². The van der Waals surface area contributed by atoms with Crippen LogP contribution in [0.25, 0.3) is 0 Å². The number of hydrogen-bond acceptors (Lipinski definition) is 4. The molecule has 1 aromatic heterocycles. The van der Waals surface area contributed by atoms with Gasteiger partial charge in [-0.05, 0) is 30.7 Å². The van der Waals surface area contributed by atoms with Crippen LogP contribution in [0.1, 0.15) is 23.6 Å². The molecular weight excluding hydrogens is 230 g/mol. The Labute approximate surface area is 105 Å². The lowest BCUT2D eigenvalue weighted by molar-refractivity contribution is 0.279. The maximum Gasteiger partial charge on any atom is 0.123 e. The van der Waals surface area contributed by atoms with E-state index in [-0.39, 0.29) is 24.0 Å². The molecule has 0 spiro atoms. The number of aromatic hydroxyl groups is 2. The van der Waals surface area contributed by atoms with Crippen LogP contribution in [0.2, 0.25) is 0 Å². The fraction of sp³-hybridized carbons (Fsp3) is 0.214. The van der Waals surface area contributed by atoms with E-state index in [0.717, 1.165) is 0 Å². The van der Waals surface area contributed by atoms with E-state index in [2.05, 4.69) is 4.98 Å². The predicted molar refractivity (Wildman–Crippen MR) is 67.6 cm³/mol. The minimum Gasteiger partial charge on any atom is -0.508 e. The topological polar surface area (TPSA) is 73.6 Å². The van der Waals surface area contributed by atoms with Gasteiger partial charge in [-0.3, -0.25) is 4.98 Å². The lowest BCUT2D eigenvalue weighted by Gasteiger charge is -2.18. The summed E-state index contributed by atoms with van der Waals surface area (Å²) >= 11 is 0. The summed E-state index contributed by atoms with van der Waals surface area (Å²) in [5.74, 6) is -0.296. The fourth-order valence-electron chi connectivity index (χ4n) is 2.05. The molecule has 94 valence electrons. The van der Waals surface area contributed by atoms with Crippen LogP contribution < -0.4 is 0 Å². The molecule has 4 heteroatoms. The molecule has 0 amide bonds. The van der Waals surface area contributed by atoms with Gasteiger partial charge in [0.1, 0.15) is 11.5 Å². The van der Waals surface area contributed by atoms with Gasteiger partial charge >= 0.3 is 0 Å². The zero-order valence-corrected chi connectivity index (χ0v) is 9.82. The maximum atomic E-state index is 9.88. The van der Waals surface area contributed by atoms with Crippen LogP contribution in [0.15, 0.2) is 42.6 Å². The van der Waals surface area contributed by atoms with Gasteiger partial charge in [0, 0.05) is 30.0 Å². The zero-order chi connectivity index (χ0) is 13.0. The van der Waals surface area contributed by atoms with Crippen molar-refractivity contribution in [3.63, 3.8) is 0 Å². The van der Waals surface area contributed by atoms with Crippen LogP contribution in [0.5, 0.6) is 11.5 Å². The number of aromatic nitrogens is 1. The first kappa shape index (κ1) is 12.4. The third-order valence-electron chi connectivity index (χ3n) is 2.87. The highest BCUT2D eigenvalue weighted by Crippen LogP contribution is 2.38. The minimum absolute atomic E-state index is 0.0131. The van der Waals surface area contributed by atoms with Crippen LogP contribution in [0.4, 0.5) is 0 Å². The molecule has 0 saturated heterocycles. The molecule has 0 aliphatic heterocycles. The molecule has 0 saturated carbocycles. The maximum absolute atomic E-state index is 9.88. The zero-order valence-electron chi connectivity index (χ0n) is 9.82. The van der Waals surface area contributed by atoms with Crippen molar-refractivity contribution < 1.29 is 15.3 Å². The first-order valence-electron chi connectivity index (χ1n) is 5.76. The third kappa shape index (κ3) is 2.43. The summed E-state index contributed by atoms with van der Waals surface area (Å²) < 4.78 is 0. The number of rotatable bonds is 4. The second kappa shape index (κ2) is 5.51. The van der Waals surface area contributed by atoms with E-state index in [4.69, 9.17) is 5.11 Å². The highest BCUT2D eigenvalue weighted by Gasteiger charge is 2.21. The lowest BCUT2D eigenvalue weighted by Crippen LogP contribution is -2.06. The van der Waals surface area contributed by atoms with Gasteiger partial charge in [0.2, 0.25) is 0 Å². The van der Waals surface area contributed by atoms with Crippen molar-refractivity contribution in [1.29, 1.82) is 0 Å². The molecule has 0 radical (unpaired) electrons. The van der Waals surface area contributed by atoms with E-state index in [9.17, 15) is 10.2 Å². The second-order valence-corrected chi connectivity index (χ2v) is 4.03. The Morgan fingerprint density at radius 3 is 2.28 bits per heavy atom. The number of pyridine rings is 1. The Bertz CT molecular complexity index is 493. The van der Waals surface area contributed by atoms with Crippen molar-refractivity contribution in [3.8, 4) is 11.5 Å². The van der Waals surface area contributed by atoms with Gasteiger partial charge in [-0.25, -0.2) is 0 Å². The Morgan fingerprint density at radius 1 is 1.00 bits per heavy atom. The highest BCUT2D eigenvalue weighted by molar-refractivity contribution is 5.48. The molecular formula is C14H15NO3. The molecule has 0 bridgehead atoms. The van der Waals surface area contributed by atoms with Gasteiger partial charge in [-0.1, -0.05) is 12.1 Å². The standard InChI is InChI=1S/C14H15NO3/c16-9-7-10(11-4-1-2-8-15-11)14-12(17)5-3-6-13(14)18/h1-6,8,10,16-18H,7,9H2. The summed E-state index contributed by atoms with van der Waals surface area (Å²) in [4.78, 5) is 4.22. The van der Waals surface area contributed by atoms with Crippen LogP contribution in [-0.2, 0) is 0 Å². The molecule has 1 atom stereocenters. The second-order valence-electron chi connectivity index (χ2n) is 4.03. The number of benzene rings is 1. The smallest absolute Gasteiger partial charge is 0.123 e.